The Morgan fingerprint density at radius 2 is 1.16 bits per heavy atom. The molecule has 0 aliphatic carbocycles. The fourth-order valence-corrected chi connectivity index (χ4v) is 4.57. The van der Waals surface area contributed by atoms with Gasteiger partial charge in [-0.25, -0.2) is 4.98 Å². The molecule has 1 aromatic heterocycles. The molecule has 4 aromatic carbocycles. The Bertz CT molecular complexity index is 1280. The van der Waals surface area contributed by atoms with Crippen LogP contribution in [0.15, 0.2) is 97.1 Å². The third-order valence-corrected chi connectivity index (χ3v) is 6.47. The summed E-state index contributed by atoms with van der Waals surface area (Å²) in [5, 5.41) is 1.02. The van der Waals surface area contributed by atoms with Crippen LogP contribution < -0.4 is 4.90 Å². The van der Waals surface area contributed by atoms with Gasteiger partial charge in [0.05, 0.1) is 10.2 Å². The number of nitrogens with zero attached hydrogens (tertiary/aromatic N) is 2. The van der Waals surface area contributed by atoms with E-state index in [4.69, 9.17) is 4.98 Å². The first-order valence-corrected chi connectivity index (χ1v) is 11.5. The van der Waals surface area contributed by atoms with Gasteiger partial charge in [0, 0.05) is 17.1 Å². The quantitative estimate of drug-likeness (QED) is 0.276. The van der Waals surface area contributed by atoms with Crippen molar-refractivity contribution < 1.29 is 0 Å². The van der Waals surface area contributed by atoms with E-state index in [1.165, 1.54) is 15.8 Å². The second-order valence-corrected chi connectivity index (χ2v) is 9.01. The predicted octanol–water partition coefficient (Wildman–Crippen LogP) is 8.55. The summed E-state index contributed by atoms with van der Waals surface area (Å²) < 4.78 is 1.22. The van der Waals surface area contributed by atoms with E-state index >= 15 is 0 Å². The Morgan fingerprint density at radius 3 is 1.72 bits per heavy atom. The number of benzene rings is 4. The second-order valence-electron chi connectivity index (χ2n) is 7.95. The van der Waals surface area contributed by atoms with E-state index in [9.17, 15) is 0 Å². The van der Waals surface area contributed by atoms with Gasteiger partial charge in [0.1, 0.15) is 5.01 Å². The molecule has 0 saturated carbocycles. The number of rotatable bonds is 5. The zero-order valence-corrected chi connectivity index (χ0v) is 19.0. The second kappa shape index (κ2) is 8.81. The van der Waals surface area contributed by atoms with Crippen LogP contribution in [0.4, 0.5) is 17.1 Å². The molecule has 0 fully saturated rings. The largest absolute Gasteiger partial charge is 0.311 e. The number of fused-ring (bicyclic) bond motifs is 1. The fourth-order valence-electron chi connectivity index (χ4n) is 3.70. The Kier molecular flexibility index (Phi) is 5.57. The lowest BCUT2D eigenvalue weighted by molar-refractivity contribution is 1.27. The molecule has 0 atom stereocenters. The monoisotopic (exact) mass is 432 g/mol. The highest BCUT2D eigenvalue weighted by molar-refractivity contribution is 7.19. The van der Waals surface area contributed by atoms with Crippen molar-refractivity contribution in [3.8, 4) is 0 Å². The van der Waals surface area contributed by atoms with Crippen molar-refractivity contribution in [1.82, 2.24) is 4.98 Å². The zero-order chi connectivity index (χ0) is 21.9. The van der Waals surface area contributed by atoms with Crippen molar-refractivity contribution in [2.24, 2.45) is 0 Å². The van der Waals surface area contributed by atoms with Crippen LogP contribution in [0.3, 0.4) is 0 Å². The molecule has 0 unspecified atom stereocenters. The maximum Gasteiger partial charge on any atom is 0.117 e. The molecule has 0 radical (unpaired) electrons. The summed E-state index contributed by atoms with van der Waals surface area (Å²) in [6, 6.07) is 34.3. The molecule has 2 nitrogen and oxygen atoms in total. The molecule has 0 spiro atoms. The van der Waals surface area contributed by atoms with Gasteiger partial charge in [0.15, 0.2) is 0 Å². The normalized spacial score (nSPS) is 11.3. The number of aryl methyl sites for hydroxylation is 2. The third-order valence-electron chi connectivity index (χ3n) is 5.46. The standard InChI is InChI=1S/C29H24N2S/c1-21-7-14-24(15-8-21)31(25-16-9-22(2)10-17-25)26-18-11-23(12-19-26)13-20-29-30-27-5-3-4-6-28(27)32-29/h3-20H,1-2H3/b20-13+. The molecule has 0 amide bonds. The maximum absolute atomic E-state index is 4.69. The first kappa shape index (κ1) is 20.2. The Labute approximate surface area is 193 Å². The summed E-state index contributed by atoms with van der Waals surface area (Å²) in [7, 11) is 0. The van der Waals surface area contributed by atoms with Gasteiger partial charge in [-0.3, -0.25) is 0 Å². The summed E-state index contributed by atoms with van der Waals surface area (Å²) in [5.41, 5.74) is 8.16. The van der Waals surface area contributed by atoms with Gasteiger partial charge in [-0.1, -0.05) is 65.7 Å². The van der Waals surface area contributed by atoms with Crippen molar-refractivity contribution in [2.75, 3.05) is 4.90 Å². The minimum Gasteiger partial charge on any atom is -0.311 e. The van der Waals surface area contributed by atoms with E-state index < -0.39 is 0 Å². The van der Waals surface area contributed by atoms with Crippen LogP contribution in [-0.4, -0.2) is 4.98 Å². The van der Waals surface area contributed by atoms with Crippen LogP contribution in [0.1, 0.15) is 21.7 Å². The average Bonchev–Trinajstić information content (AvgIpc) is 3.24. The van der Waals surface area contributed by atoms with E-state index in [1.54, 1.807) is 11.3 Å². The SMILES string of the molecule is Cc1ccc(N(c2ccc(C)cc2)c2ccc(/C=C/c3nc4ccccc4s3)cc2)cc1. The number of thiazole rings is 1. The molecule has 0 N–H and O–H groups in total. The minimum atomic E-state index is 1.02. The van der Waals surface area contributed by atoms with E-state index in [0.717, 1.165) is 33.1 Å². The lowest BCUT2D eigenvalue weighted by Crippen LogP contribution is -2.09. The van der Waals surface area contributed by atoms with Crippen LogP contribution in [0.5, 0.6) is 0 Å². The van der Waals surface area contributed by atoms with Crippen molar-refractivity contribution in [3.63, 3.8) is 0 Å². The van der Waals surface area contributed by atoms with Crippen LogP contribution in [0.25, 0.3) is 22.4 Å². The molecular formula is C29H24N2S. The summed E-state index contributed by atoms with van der Waals surface area (Å²) in [4.78, 5) is 6.98. The molecule has 5 aromatic rings. The van der Waals surface area contributed by atoms with Crippen molar-refractivity contribution in [2.45, 2.75) is 13.8 Å². The topological polar surface area (TPSA) is 16.1 Å². The summed E-state index contributed by atoms with van der Waals surface area (Å²) >= 11 is 1.72. The number of para-hydroxylation sites is 1. The van der Waals surface area contributed by atoms with Crippen molar-refractivity contribution >= 4 is 50.8 Å². The lowest BCUT2D eigenvalue weighted by atomic mass is 10.1. The van der Waals surface area contributed by atoms with Crippen molar-refractivity contribution in [3.05, 3.63) is 119 Å². The lowest BCUT2D eigenvalue weighted by Gasteiger charge is -2.25. The van der Waals surface area contributed by atoms with Crippen LogP contribution >= 0.6 is 11.3 Å². The Morgan fingerprint density at radius 1 is 0.625 bits per heavy atom. The van der Waals surface area contributed by atoms with Crippen LogP contribution in [0, 0.1) is 13.8 Å². The number of hydrogen-bond donors (Lipinski definition) is 0. The molecule has 5 rings (SSSR count). The van der Waals surface area contributed by atoms with E-state index in [2.05, 4.69) is 122 Å². The Balaban J connectivity index is 1.44. The van der Waals surface area contributed by atoms with Gasteiger partial charge >= 0.3 is 0 Å². The molecule has 0 bridgehead atoms. The molecule has 156 valence electrons. The van der Waals surface area contributed by atoms with Gasteiger partial charge in [0.2, 0.25) is 0 Å². The molecule has 0 saturated heterocycles. The number of anilines is 3. The highest BCUT2D eigenvalue weighted by Crippen LogP contribution is 2.35. The highest BCUT2D eigenvalue weighted by Gasteiger charge is 2.12. The van der Waals surface area contributed by atoms with Gasteiger partial charge < -0.3 is 4.90 Å². The smallest absolute Gasteiger partial charge is 0.117 e. The Hall–Kier alpha value is -3.69. The molecule has 0 aliphatic heterocycles. The van der Waals surface area contributed by atoms with Gasteiger partial charge in [-0.05, 0) is 74.0 Å². The molecule has 3 heteroatoms. The van der Waals surface area contributed by atoms with Crippen LogP contribution in [-0.2, 0) is 0 Å². The summed E-state index contributed by atoms with van der Waals surface area (Å²) in [6.45, 7) is 4.24. The highest BCUT2D eigenvalue weighted by atomic mass is 32.1. The third kappa shape index (κ3) is 4.34. The van der Waals surface area contributed by atoms with Crippen LogP contribution in [0.2, 0.25) is 0 Å². The maximum atomic E-state index is 4.69. The molecule has 0 aliphatic rings. The zero-order valence-electron chi connectivity index (χ0n) is 18.2. The minimum absolute atomic E-state index is 1.02. The first-order valence-electron chi connectivity index (χ1n) is 10.7. The number of hydrogen-bond acceptors (Lipinski definition) is 3. The summed E-state index contributed by atoms with van der Waals surface area (Å²) in [6.07, 6.45) is 4.22. The summed E-state index contributed by atoms with van der Waals surface area (Å²) in [5.74, 6) is 0. The van der Waals surface area contributed by atoms with E-state index in [0.29, 0.717) is 0 Å². The molecule has 1 heterocycles. The fraction of sp³-hybridized carbons (Fsp3) is 0.0690. The van der Waals surface area contributed by atoms with E-state index in [-0.39, 0.29) is 0 Å². The molecule has 32 heavy (non-hydrogen) atoms. The molecular weight excluding hydrogens is 408 g/mol. The van der Waals surface area contributed by atoms with Gasteiger partial charge in [-0.15, -0.1) is 11.3 Å². The number of aromatic nitrogens is 1. The van der Waals surface area contributed by atoms with Gasteiger partial charge in [0.25, 0.3) is 0 Å². The average molecular weight is 433 g/mol. The van der Waals surface area contributed by atoms with E-state index in [1.807, 2.05) is 6.07 Å². The first-order chi connectivity index (χ1) is 15.7. The van der Waals surface area contributed by atoms with Gasteiger partial charge in [-0.2, -0.15) is 0 Å². The van der Waals surface area contributed by atoms with Crippen molar-refractivity contribution in [1.29, 1.82) is 0 Å². The predicted molar refractivity (Wildman–Crippen MR) is 139 cm³/mol.